The number of allylic oxidation sites excluding steroid dienone is 2. The summed E-state index contributed by atoms with van der Waals surface area (Å²) in [6.07, 6.45) is 9.69. The number of quaternary nitrogens is 1. The highest BCUT2D eigenvalue weighted by atomic mass is 32.2. The van der Waals surface area contributed by atoms with Gasteiger partial charge in [0, 0.05) is 74.3 Å². The van der Waals surface area contributed by atoms with E-state index in [0.717, 1.165) is 64.9 Å². The van der Waals surface area contributed by atoms with Crippen LogP contribution in [0.15, 0.2) is 23.4 Å². The van der Waals surface area contributed by atoms with E-state index in [9.17, 15) is 41.5 Å². The number of nitrogens with zero attached hydrogens (tertiary/aromatic N) is 3. The summed E-state index contributed by atoms with van der Waals surface area (Å²) < 4.78 is 70.0. The van der Waals surface area contributed by atoms with Crippen molar-refractivity contribution in [3.63, 3.8) is 0 Å². The Bertz CT molecular complexity index is 1980. The molecule has 62 heavy (non-hydrogen) atoms. The fourth-order valence-electron chi connectivity index (χ4n) is 7.38. The topological polar surface area (TPSA) is 242 Å². The molecule has 344 valence electrons. The summed E-state index contributed by atoms with van der Waals surface area (Å²) >= 11 is 0. The summed E-state index contributed by atoms with van der Waals surface area (Å²) in [4.78, 5) is 62.1. The van der Waals surface area contributed by atoms with Crippen molar-refractivity contribution in [3.8, 4) is 0 Å². The third kappa shape index (κ3) is 17.1. The molecule has 2 aliphatic heterocycles. The van der Waals surface area contributed by atoms with Gasteiger partial charge in [-0.05, 0) is 56.6 Å². The molecule has 0 radical (unpaired) electrons. The van der Waals surface area contributed by atoms with Crippen LogP contribution in [0, 0.1) is 0 Å². The first-order valence-electron chi connectivity index (χ1n) is 21.3. The normalized spacial score (nSPS) is 14.7. The molecule has 0 aliphatic carbocycles. The predicted molar refractivity (Wildman–Crippen MR) is 233 cm³/mol. The number of amides is 4. The van der Waals surface area contributed by atoms with Gasteiger partial charge in [0.15, 0.2) is 11.4 Å². The van der Waals surface area contributed by atoms with E-state index in [1.807, 2.05) is 19.1 Å². The van der Waals surface area contributed by atoms with Gasteiger partial charge in [0.25, 0.3) is 10.1 Å². The molecule has 2 aliphatic rings. The van der Waals surface area contributed by atoms with Crippen LogP contribution < -0.4 is 21.3 Å². The molecule has 18 nitrogen and oxygen atoms in total. The summed E-state index contributed by atoms with van der Waals surface area (Å²) in [5, 5.41) is 18.7. The number of carbonyl (C=O) groups excluding carboxylic acids is 4. The van der Waals surface area contributed by atoms with E-state index in [1.54, 1.807) is 8.96 Å². The number of aliphatic carboxylic acids is 1. The maximum absolute atomic E-state index is 16.9. The Morgan fingerprint density at radius 2 is 1.48 bits per heavy atom. The number of fused-ring (bicyclic) bond motifs is 2. The summed E-state index contributed by atoms with van der Waals surface area (Å²) in [6, 6.07) is -0.699. The average Bonchev–Trinajstić information content (AvgIpc) is 3.71. The number of nitrogens with one attached hydrogen (secondary N) is 4. The van der Waals surface area contributed by atoms with Crippen molar-refractivity contribution in [2.24, 2.45) is 0 Å². The van der Waals surface area contributed by atoms with Crippen LogP contribution in [0.3, 0.4) is 0 Å². The van der Waals surface area contributed by atoms with Gasteiger partial charge in [-0.3, -0.25) is 37.5 Å². The number of hydrogen-bond acceptors (Lipinski definition) is 9. The van der Waals surface area contributed by atoms with Crippen molar-refractivity contribution in [2.75, 3.05) is 53.1 Å². The van der Waals surface area contributed by atoms with Crippen LogP contribution in [0.1, 0.15) is 108 Å². The van der Waals surface area contributed by atoms with E-state index in [4.69, 9.17) is 9.63 Å². The van der Waals surface area contributed by atoms with Gasteiger partial charge >= 0.3 is 21.9 Å². The quantitative estimate of drug-likeness (QED) is 0.0216. The molecule has 3 heterocycles. The van der Waals surface area contributed by atoms with Crippen molar-refractivity contribution in [1.82, 2.24) is 25.7 Å². The molecule has 0 saturated heterocycles. The zero-order chi connectivity index (χ0) is 46.0. The van der Waals surface area contributed by atoms with Gasteiger partial charge in [-0.2, -0.15) is 8.42 Å². The number of hydrogen-bond donors (Lipinski definition) is 6. The van der Waals surface area contributed by atoms with Crippen molar-refractivity contribution in [1.29, 1.82) is 0 Å². The second-order valence-electron chi connectivity index (χ2n) is 16.7. The Hall–Kier alpha value is -4.30. The molecular weight excluding hydrogens is 847 g/mol. The van der Waals surface area contributed by atoms with E-state index in [1.165, 1.54) is 0 Å². The zero-order valence-corrected chi connectivity index (χ0v) is 38.3. The Morgan fingerprint density at radius 3 is 2.08 bits per heavy atom. The summed E-state index contributed by atoms with van der Waals surface area (Å²) in [7, 11) is -0.598. The van der Waals surface area contributed by atoms with Gasteiger partial charge in [-0.1, -0.05) is 26.7 Å². The number of halogens is 1. The summed E-state index contributed by atoms with van der Waals surface area (Å²) in [5.41, 5.74) is 5.13. The molecule has 0 saturated carbocycles. The molecule has 2 atom stereocenters. The van der Waals surface area contributed by atoms with Gasteiger partial charge in [0.1, 0.15) is 17.8 Å². The lowest BCUT2D eigenvalue weighted by Gasteiger charge is -2.24. The van der Waals surface area contributed by atoms with Crippen LogP contribution in [-0.2, 0) is 56.0 Å². The lowest BCUT2D eigenvalue weighted by molar-refractivity contribution is -0.870. The van der Waals surface area contributed by atoms with Crippen LogP contribution in [-0.4, -0.2) is 139 Å². The largest absolute Gasteiger partial charge is 0.846 e. The highest BCUT2D eigenvalue weighted by Gasteiger charge is 2.50. The van der Waals surface area contributed by atoms with Gasteiger partial charge in [0.2, 0.25) is 23.6 Å². The van der Waals surface area contributed by atoms with Crippen LogP contribution in [0.25, 0.3) is 6.08 Å². The second kappa shape index (κ2) is 25.1. The van der Waals surface area contributed by atoms with Gasteiger partial charge in [-0.15, -0.1) is 0 Å². The monoisotopic (exact) mass is 911 g/mol. The minimum absolute atomic E-state index is 0.0219. The molecule has 22 heteroatoms. The number of carbonyl (C=O) groups is 5. The van der Waals surface area contributed by atoms with E-state index in [2.05, 4.69) is 55.4 Å². The first kappa shape index (κ1) is 52.1. The molecular formula is C40H64BFN7O11PS+2. The first-order valence-corrected chi connectivity index (χ1v) is 23.6. The Balaban J connectivity index is 1.61. The van der Waals surface area contributed by atoms with Crippen LogP contribution in [0.2, 0.25) is 0 Å². The smallest absolute Gasteiger partial charge is 0.481 e. The molecule has 4 amide bonds. The number of rotatable bonds is 30. The fraction of sp³-hybridized carbons (Fsp3) is 0.650. The maximum atomic E-state index is 16.9. The lowest BCUT2D eigenvalue weighted by Crippen LogP contribution is -2.50. The SMILES string of the molecule is CCCC1=CC(CCC(=O)NC(CS(=O)(=O)O)C(=O)NCCCCC(=O)NC(COP=O)C(=O)NCCCCC(=O)O)=[N+]2B(F)n3c(CCC[N+](C)(C)C)cc(CCC)c3C=C12. The lowest BCUT2D eigenvalue weighted by atomic mass is 9.93. The highest BCUT2D eigenvalue weighted by Crippen LogP contribution is 2.35. The standard InChI is InChI=1S/C40H62BFN7O11PS/c1-6-13-28-23-30(15-12-22-49(3,4)5)47-34(28)25-35-29(14-7-2)24-31(48(35)41(47)42)18-19-37(51)46-33(27-62(57,58)59)40(55)44-20-10-8-16-36(50)45-32(26-60-61-56)39(54)43-21-11-9-17-38(52)53/h23-25,32-33H,6-22,26-27H2,1-5H3,(H4-2,43,44,45,46,50,51,52,53,54,55,57,58,59)/p+2. The molecule has 6 N–H and O–H groups in total. The zero-order valence-electron chi connectivity index (χ0n) is 36.5. The minimum Gasteiger partial charge on any atom is -0.481 e. The Kier molecular flexibility index (Phi) is 21.1. The summed E-state index contributed by atoms with van der Waals surface area (Å²) in [5.74, 6) is -4.75. The molecule has 2 unspecified atom stereocenters. The molecule has 0 spiro atoms. The fourth-order valence-corrected chi connectivity index (χ4v) is 8.24. The van der Waals surface area contributed by atoms with E-state index < -0.39 is 73.5 Å². The first-order chi connectivity index (χ1) is 29.3. The maximum Gasteiger partial charge on any atom is 0.846 e. The molecule has 1 aromatic heterocycles. The van der Waals surface area contributed by atoms with Crippen molar-refractivity contribution in [3.05, 3.63) is 40.4 Å². The van der Waals surface area contributed by atoms with E-state index in [-0.39, 0.29) is 58.2 Å². The minimum atomic E-state index is -4.71. The number of aryl methyl sites for hydroxylation is 2. The molecule has 1 aromatic rings. The number of unbranched alkanes of at least 4 members (excludes halogenated alkanes) is 2. The second-order valence-corrected chi connectivity index (χ2v) is 18.6. The van der Waals surface area contributed by atoms with Gasteiger partial charge < -0.3 is 30.9 Å². The van der Waals surface area contributed by atoms with Crippen LogP contribution in [0.4, 0.5) is 4.32 Å². The van der Waals surface area contributed by atoms with E-state index in [0.29, 0.717) is 31.4 Å². The van der Waals surface area contributed by atoms with Crippen molar-refractivity contribution >= 4 is 67.5 Å². The highest BCUT2D eigenvalue weighted by molar-refractivity contribution is 7.85. The molecule has 0 bridgehead atoms. The number of carboxylic acids is 1. The predicted octanol–water partition coefficient (Wildman–Crippen LogP) is 2.95. The molecule has 0 fully saturated rings. The Labute approximate surface area is 366 Å². The number of carboxylic acid groups (broad SMARTS) is 1. The van der Waals surface area contributed by atoms with Gasteiger partial charge in [-0.25, -0.2) is 13.4 Å². The third-order valence-corrected chi connectivity index (χ3v) is 11.3. The van der Waals surface area contributed by atoms with Crippen molar-refractivity contribution in [2.45, 2.75) is 116 Å². The van der Waals surface area contributed by atoms with E-state index >= 15 is 4.32 Å². The average molecular weight is 912 g/mol. The van der Waals surface area contributed by atoms with Crippen molar-refractivity contribution < 1.29 is 64.4 Å². The third-order valence-electron chi connectivity index (χ3n) is 10.3. The van der Waals surface area contributed by atoms with Gasteiger partial charge in [0.05, 0.1) is 34.3 Å². The molecule has 0 aromatic carbocycles. The van der Waals surface area contributed by atoms with Crippen LogP contribution in [0.5, 0.6) is 0 Å². The Morgan fingerprint density at radius 1 is 0.871 bits per heavy atom. The summed E-state index contributed by atoms with van der Waals surface area (Å²) in [6.45, 7) is 4.80. The van der Waals surface area contributed by atoms with Crippen LogP contribution >= 0.6 is 8.69 Å². The molecule has 3 rings (SSSR count). The number of aromatic nitrogens is 1.